The average molecular weight is 700 g/mol. The van der Waals surface area contributed by atoms with Crippen molar-refractivity contribution >= 4 is 46.5 Å². The molecule has 1 saturated heterocycles. The number of carbonyl (C=O) groups excluding carboxylic acids is 2. The Labute approximate surface area is 288 Å². The normalized spacial score (nSPS) is 16.0. The van der Waals surface area contributed by atoms with Gasteiger partial charge >= 0.3 is 11.9 Å². The molecule has 248 valence electrons. The van der Waals surface area contributed by atoms with Gasteiger partial charge in [-0.2, -0.15) is 0 Å². The van der Waals surface area contributed by atoms with Crippen molar-refractivity contribution in [3.05, 3.63) is 110 Å². The Morgan fingerprint density at radius 2 is 1.74 bits per heavy atom. The molecule has 2 unspecified atom stereocenters. The summed E-state index contributed by atoms with van der Waals surface area (Å²) in [6.07, 6.45) is 3.76. The second-order valence-corrected chi connectivity index (χ2v) is 13.4. The van der Waals surface area contributed by atoms with E-state index in [2.05, 4.69) is 22.2 Å². The maximum absolute atomic E-state index is 13.5. The number of likely N-dealkylation sites (tertiary alicyclic amines) is 1. The molecule has 2 N–H and O–H groups in total. The third kappa shape index (κ3) is 9.03. The van der Waals surface area contributed by atoms with Gasteiger partial charge in [0, 0.05) is 35.9 Å². The molecule has 3 atom stereocenters. The summed E-state index contributed by atoms with van der Waals surface area (Å²) in [5.74, 6) is 0.551. The van der Waals surface area contributed by atoms with Gasteiger partial charge < -0.3 is 23.8 Å². The number of aromatic nitrogens is 1. The lowest BCUT2D eigenvalue weighted by Crippen LogP contribution is -2.31. The SMILES string of the molecule is COc1ccc(C(Cc2c(Cl)c[nH+]cc2Cl)OC(=O)c2ccc(CNC(C(=O)OC[C@H]3CCN(C)C3)c3ccccc3)s2)cc1OC. The van der Waals surface area contributed by atoms with E-state index in [1.807, 2.05) is 42.5 Å². The van der Waals surface area contributed by atoms with E-state index in [1.165, 1.54) is 11.3 Å². The van der Waals surface area contributed by atoms with E-state index < -0.39 is 18.1 Å². The number of halogens is 2. The molecule has 4 aromatic rings. The highest BCUT2D eigenvalue weighted by atomic mass is 35.5. The first-order chi connectivity index (χ1) is 22.7. The molecule has 0 amide bonds. The number of rotatable bonds is 14. The minimum absolute atomic E-state index is 0.228. The molecule has 1 fully saturated rings. The van der Waals surface area contributed by atoms with Crippen molar-refractivity contribution in [2.24, 2.45) is 5.92 Å². The number of hydrogen-bond donors (Lipinski definition) is 1. The van der Waals surface area contributed by atoms with Crippen molar-refractivity contribution in [2.45, 2.75) is 31.5 Å². The first-order valence-electron chi connectivity index (χ1n) is 15.2. The number of ether oxygens (including phenoxy) is 4. The Morgan fingerprint density at radius 3 is 2.43 bits per heavy atom. The third-order valence-corrected chi connectivity index (χ3v) is 9.82. The Bertz CT molecular complexity index is 1650. The van der Waals surface area contributed by atoms with E-state index in [-0.39, 0.29) is 12.4 Å². The molecule has 0 radical (unpaired) electrons. The van der Waals surface area contributed by atoms with E-state index in [0.29, 0.717) is 56.6 Å². The van der Waals surface area contributed by atoms with Crippen molar-refractivity contribution in [3.8, 4) is 11.5 Å². The predicted molar refractivity (Wildman–Crippen MR) is 181 cm³/mol. The van der Waals surface area contributed by atoms with E-state index in [9.17, 15) is 9.59 Å². The minimum Gasteiger partial charge on any atom is -0.493 e. The lowest BCUT2D eigenvalue weighted by Gasteiger charge is -2.20. The number of pyridine rings is 1. The van der Waals surface area contributed by atoms with Crippen LogP contribution in [-0.4, -0.2) is 57.8 Å². The number of hydrogen-bond acceptors (Lipinski definition) is 9. The molecular weight excluding hydrogens is 661 g/mol. The summed E-state index contributed by atoms with van der Waals surface area (Å²) in [4.78, 5) is 33.2. The largest absolute Gasteiger partial charge is 0.493 e. The standard InChI is InChI=1S/C35H37Cl2N3O6S/c1-40-14-13-22(20-40)21-45-35(42)33(23-7-5-4-6-8-23)39-17-25-10-12-32(47-25)34(41)46-30(16-26-27(36)18-38-19-28(26)37)24-9-11-29(43-2)31(15-24)44-3/h4-12,15,18-19,22,30,33,39H,13-14,16-17,20-21H2,1-3H3/p+1/t22-,30?,33?/m0/s1. The zero-order chi connectivity index (χ0) is 33.3. The Kier molecular flexibility index (Phi) is 12.1. The van der Waals surface area contributed by atoms with Crippen LogP contribution in [0.5, 0.6) is 11.5 Å². The van der Waals surface area contributed by atoms with Gasteiger partial charge in [-0.1, -0.05) is 59.6 Å². The van der Waals surface area contributed by atoms with E-state index in [1.54, 1.807) is 44.8 Å². The molecule has 1 aliphatic rings. The van der Waals surface area contributed by atoms with Crippen molar-refractivity contribution in [3.63, 3.8) is 0 Å². The van der Waals surface area contributed by atoms with Gasteiger partial charge in [0.15, 0.2) is 23.9 Å². The summed E-state index contributed by atoms with van der Waals surface area (Å²) in [6, 6.07) is 17.8. The smallest absolute Gasteiger partial charge is 0.348 e. The zero-order valence-electron chi connectivity index (χ0n) is 26.5. The predicted octanol–water partition coefficient (Wildman–Crippen LogP) is 6.35. The molecule has 0 aliphatic carbocycles. The summed E-state index contributed by atoms with van der Waals surface area (Å²) in [6.45, 7) is 2.67. The highest BCUT2D eigenvalue weighted by molar-refractivity contribution is 7.13. The van der Waals surface area contributed by atoms with E-state index in [4.69, 9.17) is 42.1 Å². The first kappa shape index (κ1) is 34.7. The Balaban J connectivity index is 1.29. The molecule has 47 heavy (non-hydrogen) atoms. The summed E-state index contributed by atoms with van der Waals surface area (Å²) in [5, 5.41) is 4.18. The topological polar surface area (TPSA) is 100 Å². The minimum atomic E-state index is -0.736. The van der Waals surface area contributed by atoms with Crippen LogP contribution in [0, 0.1) is 5.92 Å². The van der Waals surface area contributed by atoms with Crippen molar-refractivity contribution in [2.75, 3.05) is 41.0 Å². The lowest BCUT2D eigenvalue weighted by molar-refractivity contribution is -0.377. The molecule has 2 aromatic carbocycles. The molecular formula is C35H38Cl2N3O6S+. The number of nitrogens with zero attached hydrogens (tertiary/aromatic N) is 1. The molecule has 0 bridgehead atoms. The quantitative estimate of drug-likeness (QED) is 0.152. The van der Waals surface area contributed by atoms with Crippen molar-refractivity contribution in [1.82, 2.24) is 10.2 Å². The summed E-state index contributed by atoms with van der Waals surface area (Å²) in [7, 11) is 5.17. The van der Waals surface area contributed by atoms with Gasteiger partial charge in [0.05, 0.1) is 20.8 Å². The average Bonchev–Trinajstić information content (AvgIpc) is 3.74. The van der Waals surface area contributed by atoms with Gasteiger partial charge in [-0.3, -0.25) is 5.32 Å². The number of nitrogens with one attached hydrogen (secondary N) is 2. The van der Waals surface area contributed by atoms with Crippen LogP contribution in [0.15, 0.2) is 73.1 Å². The monoisotopic (exact) mass is 698 g/mol. The number of methoxy groups -OCH3 is 2. The number of thiophene rings is 1. The maximum Gasteiger partial charge on any atom is 0.348 e. The van der Waals surface area contributed by atoms with Gasteiger partial charge in [-0.25, -0.2) is 14.6 Å². The first-order valence-corrected chi connectivity index (χ1v) is 16.8. The maximum atomic E-state index is 13.5. The molecule has 2 aromatic heterocycles. The van der Waals surface area contributed by atoms with E-state index >= 15 is 0 Å². The number of H-pyrrole nitrogens is 1. The number of esters is 2. The van der Waals surface area contributed by atoms with Crippen LogP contribution < -0.4 is 19.8 Å². The van der Waals surface area contributed by atoms with Gasteiger partial charge in [-0.05, 0) is 55.4 Å². The van der Waals surface area contributed by atoms with Crippen molar-refractivity contribution < 1.29 is 33.5 Å². The summed E-state index contributed by atoms with van der Waals surface area (Å²) >= 11 is 14.2. The lowest BCUT2D eigenvalue weighted by atomic mass is 10.0. The van der Waals surface area contributed by atoms with Crippen LogP contribution in [0.1, 0.15) is 49.8 Å². The van der Waals surface area contributed by atoms with Gasteiger partial charge in [0.25, 0.3) is 0 Å². The van der Waals surface area contributed by atoms with Crippen LogP contribution in [-0.2, 0) is 27.2 Å². The summed E-state index contributed by atoms with van der Waals surface area (Å²) < 4.78 is 22.7. The molecule has 12 heteroatoms. The van der Waals surface area contributed by atoms with E-state index in [0.717, 1.165) is 30.0 Å². The van der Waals surface area contributed by atoms with Crippen LogP contribution in [0.2, 0.25) is 10.0 Å². The summed E-state index contributed by atoms with van der Waals surface area (Å²) in [5.41, 5.74) is 2.13. The Morgan fingerprint density at radius 1 is 1.00 bits per heavy atom. The second kappa shape index (κ2) is 16.4. The fourth-order valence-corrected chi connectivity index (χ4v) is 6.91. The highest BCUT2D eigenvalue weighted by Crippen LogP contribution is 2.36. The highest BCUT2D eigenvalue weighted by Gasteiger charge is 2.27. The molecule has 0 spiro atoms. The molecule has 5 rings (SSSR count). The second-order valence-electron chi connectivity index (χ2n) is 11.4. The van der Waals surface area contributed by atoms with Gasteiger partial charge in [-0.15, -0.1) is 11.3 Å². The molecule has 9 nitrogen and oxygen atoms in total. The number of aromatic amines is 1. The van der Waals surface area contributed by atoms with Crippen molar-refractivity contribution in [1.29, 1.82) is 0 Å². The molecule has 1 aliphatic heterocycles. The molecule has 3 heterocycles. The Hall–Kier alpha value is -3.67. The van der Waals surface area contributed by atoms with Gasteiger partial charge in [0.2, 0.25) is 0 Å². The molecule has 0 saturated carbocycles. The number of benzene rings is 2. The van der Waals surface area contributed by atoms with Crippen LogP contribution in [0.4, 0.5) is 0 Å². The fourth-order valence-electron chi connectivity index (χ4n) is 5.54. The third-order valence-electron chi connectivity index (χ3n) is 8.08. The fraction of sp³-hybridized carbons (Fsp3) is 0.343. The zero-order valence-corrected chi connectivity index (χ0v) is 28.8. The van der Waals surface area contributed by atoms with Gasteiger partial charge in [0.1, 0.15) is 27.1 Å². The van der Waals surface area contributed by atoms with Crippen LogP contribution >= 0.6 is 34.5 Å². The number of carbonyl (C=O) groups is 2. The van der Waals surface area contributed by atoms with Crippen LogP contribution in [0.25, 0.3) is 0 Å². The van der Waals surface area contributed by atoms with Crippen LogP contribution in [0.3, 0.4) is 0 Å².